The molecule has 0 spiro atoms. The lowest BCUT2D eigenvalue weighted by molar-refractivity contribution is -0.135. The van der Waals surface area contributed by atoms with Gasteiger partial charge in [-0.3, -0.25) is 14.4 Å². The SMILES string of the molecule is CCc1ccccc1N1C[C@@H](C(=O)N2CCNC(=O)CC2)CC1=O. The van der Waals surface area contributed by atoms with Crippen LogP contribution >= 0.6 is 0 Å². The molecule has 0 bridgehead atoms. The number of amides is 3. The third kappa shape index (κ3) is 3.27. The lowest BCUT2D eigenvalue weighted by Crippen LogP contribution is -2.39. The van der Waals surface area contributed by atoms with E-state index in [0.717, 1.165) is 17.7 Å². The van der Waals surface area contributed by atoms with Crippen molar-refractivity contribution < 1.29 is 14.4 Å². The number of carbonyl (C=O) groups excluding carboxylic acids is 3. The van der Waals surface area contributed by atoms with Crippen LogP contribution in [0.25, 0.3) is 0 Å². The third-order valence-electron chi connectivity index (χ3n) is 4.76. The van der Waals surface area contributed by atoms with Crippen LogP contribution < -0.4 is 10.2 Å². The average molecular weight is 329 g/mol. The van der Waals surface area contributed by atoms with Crippen LogP contribution in [0, 0.1) is 5.92 Å². The van der Waals surface area contributed by atoms with Gasteiger partial charge in [-0.1, -0.05) is 25.1 Å². The zero-order valence-electron chi connectivity index (χ0n) is 14.0. The predicted molar refractivity (Wildman–Crippen MR) is 90.5 cm³/mol. The number of rotatable bonds is 3. The summed E-state index contributed by atoms with van der Waals surface area (Å²) in [6.07, 6.45) is 1.42. The van der Waals surface area contributed by atoms with E-state index in [2.05, 4.69) is 12.2 Å². The van der Waals surface area contributed by atoms with Crippen molar-refractivity contribution >= 4 is 23.4 Å². The highest BCUT2D eigenvalue weighted by molar-refractivity contribution is 6.01. The second kappa shape index (κ2) is 7.03. The summed E-state index contributed by atoms with van der Waals surface area (Å²) < 4.78 is 0. The molecule has 2 aliphatic rings. The second-order valence-corrected chi connectivity index (χ2v) is 6.31. The monoisotopic (exact) mass is 329 g/mol. The molecule has 1 N–H and O–H groups in total. The summed E-state index contributed by atoms with van der Waals surface area (Å²) in [4.78, 5) is 40.1. The van der Waals surface area contributed by atoms with Crippen molar-refractivity contribution in [2.45, 2.75) is 26.2 Å². The van der Waals surface area contributed by atoms with E-state index in [9.17, 15) is 14.4 Å². The fourth-order valence-electron chi connectivity index (χ4n) is 3.42. The molecule has 2 saturated heterocycles. The summed E-state index contributed by atoms with van der Waals surface area (Å²) >= 11 is 0. The molecule has 128 valence electrons. The van der Waals surface area contributed by atoms with Gasteiger partial charge >= 0.3 is 0 Å². The summed E-state index contributed by atoms with van der Waals surface area (Å²) in [5.41, 5.74) is 2.02. The first-order valence-electron chi connectivity index (χ1n) is 8.54. The van der Waals surface area contributed by atoms with Gasteiger partial charge < -0.3 is 15.1 Å². The van der Waals surface area contributed by atoms with Gasteiger partial charge in [-0.25, -0.2) is 0 Å². The standard InChI is InChI=1S/C18H23N3O3/c1-2-13-5-3-4-6-15(13)21-12-14(11-17(21)23)18(24)20-9-7-16(22)19-8-10-20/h3-6,14H,2,7-12H2,1H3,(H,19,22)/t14-/m0/s1. The van der Waals surface area contributed by atoms with Crippen molar-refractivity contribution in [2.24, 2.45) is 5.92 Å². The van der Waals surface area contributed by atoms with Gasteiger partial charge in [0.2, 0.25) is 17.7 Å². The fraction of sp³-hybridized carbons (Fsp3) is 0.500. The molecule has 0 unspecified atom stereocenters. The molecule has 2 heterocycles. The topological polar surface area (TPSA) is 69.7 Å². The Balaban J connectivity index is 1.72. The van der Waals surface area contributed by atoms with Crippen molar-refractivity contribution in [1.29, 1.82) is 0 Å². The predicted octanol–water partition coefficient (Wildman–Crippen LogP) is 0.950. The Kier molecular flexibility index (Phi) is 4.83. The summed E-state index contributed by atoms with van der Waals surface area (Å²) in [6, 6.07) is 7.84. The number of anilines is 1. The van der Waals surface area contributed by atoms with Gasteiger partial charge in [-0.2, -0.15) is 0 Å². The molecule has 2 aliphatic heterocycles. The quantitative estimate of drug-likeness (QED) is 0.898. The molecule has 6 nitrogen and oxygen atoms in total. The molecule has 0 saturated carbocycles. The Hall–Kier alpha value is -2.37. The molecule has 2 fully saturated rings. The molecule has 3 amide bonds. The van der Waals surface area contributed by atoms with Crippen LogP contribution in [0.4, 0.5) is 5.69 Å². The highest BCUT2D eigenvalue weighted by Crippen LogP contribution is 2.29. The van der Waals surface area contributed by atoms with Crippen molar-refractivity contribution in [3.63, 3.8) is 0 Å². The van der Waals surface area contributed by atoms with E-state index in [1.807, 2.05) is 24.3 Å². The number of hydrogen-bond acceptors (Lipinski definition) is 3. The van der Waals surface area contributed by atoms with Crippen LogP contribution in [0.2, 0.25) is 0 Å². The molecule has 24 heavy (non-hydrogen) atoms. The molecule has 0 aromatic heterocycles. The van der Waals surface area contributed by atoms with E-state index in [1.54, 1.807) is 9.80 Å². The van der Waals surface area contributed by atoms with Gasteiger partial charge in [-0.05, 0) is 18.1 Å². The van der Waals surface area contributed by atoms with E-state index in [4.69, 9.17) is 0 Å². The maximum Gasteiger partial charge on any atom is 0.228 e. The Labute approximate surface area is 141 Å². The highest BCUT2D eigenvalue weighted by atomic mass is 16.2. The number of benzene rings is 1. The molecule has 0 aliphatic carbocycles. The highest BCUT2D eigenvalue weighted by Gasteiger charge is 2.38. The van der Waals surface area contributed by atoms with Crippen molar-refractivity contribution in [3.8, 4) is 0 Å². The summed E-state index contributed by atoms with van der Waals surface area (Å²) in [7, 11) is 0. The van der Waals surface area contributed by atoms with Crippen LogP contribution in [-0.2, 0) is 20.8 Å². The smallest absolute Gasteiger partial charge is 0.228 e. The van der Waals surface area contributed by atoms with E-state index >= 15 is 0 Å². The van der Waals surface area contributed by atoms with Crippen molar-refractivity contribution in [1.82, 2.24) is 10.2 Å². The van der Waals surface area contributed by atoms with Crippen LogP contribution in [0.15, 0.2) is 24.3 Å². The first kappa shape index (κ1) is 16.5. The Morgan fingerprint density at radius 2 is 2.04 bits per heavy atom. The number of carbonyl (C=O) groups is 3. The second-order valence-electron chi connectivity index (χ2n) is 6.31. The summed E-state index contributed by atoms with van der Waals surface area (Å²) in [5.74, 6) is -0.364. The van der Waals surface area contributed by atoms with Crippen LogP contribution in [-0.4, -0.2) is 48.8 Å². The van der Waals surface area contributed by atoms with E-state index < -0.39 is 0 Å². The van der Waals surface area contributed by atoms with E-state index in [1.165, 1.54) is 0 Å². The normalized spacial score (nSPS) is 21.6. The van der Waals surface area contributed by atoms with Gasteiger partial charge in [0.1, 0.15) is 0 Å². The van der Waals surface area contributed by atoms with Gasteiger partial charge in [0.15, 0.2) is 0 Å². The third-order valence-corrected chi connectivity index (χ3v) is 4.76. The van der Waals surface area contributed by atoms with Crippen LogP contribution in [0.5, 0.6) is 0 Å². The fourth-order valence-corrected chi connectivity index (χ4v) is 3.42. The zero-order chi connectivity index (χ0) is 17.1. The molecule has 6 heteroatoms. The van der Waals surface area contributed by atoms with Gasteiger partial charge in [-0.15, -0.1) is 0 Å². The van der Waals surface area contributed by atoms with E-state index in [-0.39, 0.29) is 30.1 Å². The van der Waals surface area contributed by atoms with E-state index in [0.29, 0.717) is 32.6 Å². The average Bonchev–Trinajstić information content (AvgIpc) is 2.84. The number of nitrogens with zero attached hydrogens (tertiary/aromatic N) is 2. The van der Waals surface area contributed by atoms with Crippen LogP contribution in [0.3, 0.4) is 0 Å². The lowest BCUT2D eigenvalue weighted by Gasteiger charge is -2.24. The molecule has 1 atom stereocenters. The van der Waals surface area contributed by atoms with Gasteiger partial charge in [0.25, 0.3) is 0 Å². The number of hydrogen-bond donors (Lipinski definition) is 1. The largest absolute Gasteiger partial charge is 0.354 e. The first-order chi connectivity index (χ1) is 11.6. The molecule has 3 rings (SSSR count). The number of aryl methyl sites for hydroxylation is 1. The Bertz CT molecular complexity index is 659. The summed E-state index contributed by atoms with van der Waals surface area (Å²) in [6.45, 7) is 3.91. The minimum Gasteiger partial charge on any atom is -0.354 e. The number of nitrogens with one attached hydrogen (secondary N) is 1. The van der Waals surface area contributed by atoms with Gasteiger partial charge in [0.05, 0.1) is 5.92 Å². The molecule has 0 radical (unpaired) electrons. The Morgan fingerprint density at radius 1 is 1.25 bits per heavy atom. The maximum atomic E-state index is 12.7. The molecule has 1 aromatic rings. The zero-order valence-corrected chi connectivity index (χ0v) is 14.0. The lowest BCUT2D eigenvalue weighted by atomic mass is 10.1. The minimum absolute atomic E-state index is 0.00160. The summed E-state index contributed by atoms with van der Waals surface area (Å²) in [5, 5.41) is 2.77. The maximum absolute atomic E-state index is 12.7. The molecule has 1 aromatic carbocycles. The first-order valence-corrected chi connectivity index (χ1v) is 8.54. The van der Waals surface area contributed by atoms with Crippen LogP contribution in [0.1, 0.15) is 25.3 Å². The number of para-hydroxylation sites is 1. The molecular formula is C18H23N3O3. The molecular weight excluding hydrogens is 306 g/mol. The minimum atomic E-state index is -0.324. The van der Waals surface area contributed by atoms with Crippen molar-refractivity contribution in [2.75, 3.05) is 31.1 Å². The Morgan fingerprint density at radius 3 is 2.83 bits per heavy atom. The van der Waals surface area contributed by atoms with Crippen molar-refractivity contribution in [3.05, 3.63) is 29.8 Å². The van der Waals surface area contributed by atoms with Gasteiger partial charge in [0, 0.05) is 44.7 Å².